The normalized spacial score (nSPS) is 27.4. The number of hydrogen-bond donors (Lipinski definition) is 2. The molecule has 0 aromatic heterocycles. The van der Waals surface area contributed by atoms with Crippen molar-refractivity contribution in [2.24, 2.45) is 22.7 Å². The molecule has 0 bridgehead atoms. The van der Waals surface area contributed by atoms with Crippen LogP contribution in [0.5, 0.6) is 5.75 Å². The van der Waals surface area contributed by atoms with Crippen LogP contribution >= 0.6 is 0 Å². The third-order valence-corrected chi connectivity index (χ3v) is 4.17. The summed E-state index contributed by atoms with van der Waals surface area (Å²) in [4.78, 5) is 0. The molecule has 1 aliphatic carbocycles. The van der Waals surface area contributed by atoms with Crippen LogP contribution in [0.4, 0.5) is 4.39 Å². The van der Waals surface area contributed by atoms with Crippen molar-refractivity contribution in [2.45, 2.75) is 39.2 Å². The zero-order valence-corrected chi connectivity index (χ0v) is 11.8. The van der Waals surface area contributed by atoms with E-state index in [0.717, 1.165) is 19.3 Å². The number of oxime groups is 1. The van der Waals surface area contributed by atoms with Gasteiger partial charge in [-0.05, 0) is 49.3 Å². The van der Waals surface area contributed by atoms with Crippen LogP contribution in [0.3, 0.4) is 0 Å². The van der Waals surface area contributed by atoms with Crippen LogP contribution in [0.25, 0.3) is 0 Å². The van der Waals surface area contributed by atoms with E-state index in [2.05, 4.69) is 19.0 Å². The predicted molar refractivity (Wildman–Crippen MR) is 75.5 cm³/mol. The molecule has 4 nitrogen and oxygen atoms in total. The minimum Gasteiger partial charge on any atom is -0.490 e. The number of ether oxygens (including phenoxy) is 1. The van der Waals surface area contributed by atoms with Gasteiger partial charge < -0.3 is 15.7 Å². The van der Waals surface area contributed by atoms with Crippen LogP contribution in [-0.4, -0.2) is 17.1 Å². The first-order valence-electron chi connectivity index (χ1n) is 6.95. The van der Waals surface area contributed by atoms with Crippen molar-refractivity contribution in [3.05, 3.63) is 29.6 Å². The highest BCUT2D eigenvalue weighted by Gasteiger charge is 2.26. The lowest BCUT2D eigenvalue weighted by molar-refractivity contribution is 0.100. The maximum Gasteiger partial charge on any atom is 0.173 e. The average molecular weight is 280 g/mol. The number of hydrogen-bond acceptors (Lipinski definition) is 3. The van der Waals surface area contributed by atoms with Gasteiger partial charge in [-0.15, -0.1) is 0 Å². The molecule has 0 heterocycles. The highest BCUT2D eigenvalue weighted by atomic mass is 19.1. The molecular formula is C15H21FN2O2. The Kier molecular flexibility index (Phi) is 4.47. The number of nitrogens with two attached hydrogens (primary N) is 1. The van der Waals surface area contributed by atoms with E-state index in [0.29, 0.717) is 23.1 Å². The molecule has 2 rings (SSSR count). The van der Waals surface area contributed by atoms with Crippen molar-refractivity contribution >= 4 is 5.84 Å². The topological polar surface area (TPSA) is 67.8 Å². The second kappa shape index (κ2) is 6.11. The summed E-state index contributed by atoms with van der Waals surface area (Å²) >= 11 is 0. The van der Waals surface area contributed by atoms with E-state index in [9.17, 15) is 4.39 Å². The molecule has 0 radical (unpaired) electrons. The Bertz CT molecular complexity index is 505. The van der Waals surface area contributed by atoms with Gasteiger partial charge in [0.2, 0.25) is 0 Å². The third kappa shape index (κ3) is 3.21. The summed E-state index contributed by atoms with van der Waals surface area (Å²) in [7, 11) is 0. The Hall–Kier alpha value is -1.78. The molecular weight excluding hydrogens is 259 g/mol. The largest absolute Gasteiger partial charge is 0.490 e. The maximum atomic E-state index is 13.3. The molecule has 1 aromatic rings. The minimum atomic E-state index is -0.440. The Labute approximate surface area is 118 Å². The van der Waals surface area contributed by atoms with Crippen molar-refractivity contribution < 1.29 is 14.3 Å². The number of benzene rings is 1. The molecule has 0 spiro atoms. The first kappa shape index (κ1) is 14.6. The van der Waals surface area contributed by atoms with E-state index in [1.807, 2.05) is 0 Å². The zero-order valence-electron chi connectivity index (χ0n) is 11.8. The fourth-order valence-electron chi connectivity index (χ4n) is 2.64. The van der Waals surface area contributed by atoms with Crippen LogP contribution in [0.2, 0.25) is 0 Å². The summed E-state index contributed by atoms with van der Waals surface area (Å²) in [6.45, 7) is 4.47. The van der Waals surface area contributed by atoms with E-state index in [1.165, 1.54) is 18.2 Å². The number of halogens is 1. The second-order valence-electron chi connectivity index (χ2n) is 5.63. The lowest BCUT2D eigenvalue weighted by atomic mass is 9.80. The highest BCUT2D eigenvalue weighted by Crippen LogP contribution is 2.32. The molecule has 5 heteroatoms. The van der Waals surface area contributed by atoms with Gasteiger partial charge in [0.05, 0.1) is 11.7 Å². The fourth-order valence-corrected chi connectivity index (χ4v) is 2.64. The Morgan fingerprint density at radius 3 is 2.75 bits per heavy atom. The number of amidine groups is 1. The van der Waals surface area contributed by atoms with Crippen LogP contribution in [-0.2, 0) is 0 Å². The molecule has 0 amide bonds. The maximum absolute atomic E-state index is 13.3. The summed E-state index contributed by atoms with van der Waals surface area (Å²) in [6, 6.07) is 4.07. The van der Waals surface area contributed by atoms with Gasteiger partial charge in [0.1, 0.15) is 11.6 Å². The molecule has 3 unspecified atom stereocenters. The van der Waals surface area contributed by atoms with Crippen molar-refractivity contribution in [3.8, 4) is 5.75 Å². The van der Waals surface area contributed by atoms with Crippen LogP contribution < -0.4 is 10.5 Å². The summed E-state index contributed by atoms with van der Waals surface area (Å²) in [5.74, 6) is 1.18. The molecule has 0 saturated heterocycles. The number of rotatable bonds is 3. The van der Waals surface area contributed by atoms with E-state index in [-0.39, 0.29) is 11.9 Å². The Morgan fingerprint density at radius 2 is 2.10 bits per heavy atom. The van der Waals surface area contributed by atoms with Crippen molar-refractivity contribution in [2.75, 3.05) is 0 Å². The minimum absolute atomic E-state index is 0.0944. The van der Waals surface area contributed by atoms with Crippen LogP contribution in [0, 0.1) is 17.7 Å². The summed E-state index contributed by atoms with van der Waals surface area (Å²) in [6.07, 6.45) is 3.15. The van der Waals surface area contributed by atoms with Gasteiger partial charge in [-0.25, -0.2) is 4.39 Å². The van der Waals surface area contributed by atoms with E-state index < -0.39 is 5.82 Å². The van der Waals surface area contributed by atoms with Crippen LogP contribution in [0.15, 0.2) is 23.4 Å². The monoisotopic (exact) mass is 280 g/mol. The Balaban J connectivity index is 2.17. The third-order valence-electron chi connectivity index (χ3n) is 4.17. The highest BCUT2D eigenvalue weighted by molar-refractivity contribution is 5.99. The molecule has 1 aromatic carbocycles. The van der Waals surface area contributed by atoms with Gasteiger partial charge in [-0.3, -0.25) is 0 Å². The van der Waals surface area contributed by atoms with E-state index >= 15 is 0 Å². The van der Waals surface area contributed by atoms with Crippen LogP contribution in [0.1, 0.15) is 38.7 Å². The van der Waals surface area contributed by atoms with Gasteiger partial charge in [-0.1, -0.05) is 19.0 Å². The van der Waals surface area contributed by atoms with Crippen molar-refractivity contribution in [1.82, 2.24) is 0 Å². The standard InChI is InChI=1S/C15H21FN2O2/c1-9-3-5-12(7-10(9)2)20-14-6-4-11(16)8-13(14)15(17)18-19/h4,6,8-10,12,19H,3,5,7H2,1-2H3,(H2,17,18). The molecule has 1 aliphatic rings. The molecule has 20 heavy (non-hydrogen) atoms. The summed E-state index contributed by atoms with van der Waals surface area (Å²) in [5, 5.41) is 11.7. The molecule has 3 N–H and O–H groups in total. The average Bonchev–Trinajstić information content (AvgIpc) is 2.44. The zero-order chi connectivity index (χ0) is 14.7. The van der Waals surface area contributed by atoms with E-state index in [1.54, 1.807) is 0 Å². The van der Waals surface area contributed by atoms with Crippen molar-refractivity contribution in [1.29, 1.82) is 0 Å². The lowest BCUT2D eigenvalue weighted by Gasteiger charge is -2.32. The SMILES string of the molecule is CC1CCC(Oc2ccc(F)cc2C(N)=NO)CC1C. The molecule has 0 aliphatic heterocycles. The smallest absolute Gasteiger partial charge is 0.173 e. The van der Waals surface area contributed by atoms with Crippen molar-refractivity contribution in [3.63, 3.8) is 0 Å². The summed E-state index contributed by atoms with van der Waals surface area (Å²) in [5.41, 5.74) is 5.86. The van der Waals surface area contributed by atoms with Gasteiger partial charge in [-0.2, -0.15) is 0 Å². The Morgan fingerprint density at radius 1 is 1.35 bits per heavy atom. The summed E-state index contributed by atoms with van der Waals surface area (Å²) < 4.78 is 19.2. The quantitative estimate of drug-likeness (QED) is 0.387. The molecule has 1 saturated carbocycles. The molecule has 1 fully saturated rings. The van der Waals surface area contributed by atoms with Gasteiger partial charge in [0.25, 0.3) is 0 Å². The first-order chi connectivity index (χ1) is 9.51. The molecule has 110 valence electrons. The molecule has 3 atom stereocenters. The van der Waals surface area contributed by atoms with Gasteiger partial charge >= 0.3 is 0 Å². The van der Waals surface area contributed by atoms with Gasteiger partial charge in [0.15, 0.2) is 5.84 Å². The van der Waals surface area contributed by atoms with Gasteiger partial charge in [0, 0.05) is 0 Å². The second-order valence-corrected chi connectivity index (χ2v) is 5.63. The number of nitrogens with zero attached hydrogens (tertiary/aromatic N) is 1. The first-order valence-corrected chi connectivity index (χ1v) is 6.95. The fraction of sp³-hybridized carbons (Fsp3) is 0.533. The predicted octanol–water partition coefficient (Wildman–Crippen LogP) is 3.12. The lowest BCUT2D eigenvalue weighted by Crippen LogP contribution is -2.29. The van der Waals surface area contributed by atoms with E-state index in [4.69, 9.17) is 15.7 Å².